The van der Waals surface area contributed by atoms with Crippen molar-refractivity contribution in [2.45, 2.75) is 6.92 Å². The second kappa shape index (κ2) is 4.12. The summed E-state index contributed by atoms with van der Waals surface area (Å²) in [5, 5.41) is 0. The number of rotatable bonds is 2. The van der Waals surface area contributed by atoms with E-state index < -0.39 is 0 Å². The van der Waals surface area contributed by atoms with E-state index in [1.165, 1.54) is 0 Å². The van der Waals surface area contributed by atoms with Crippen molar-refractivity contribution in [3.05, 3.63) is 29.8 Å². The van der Waals surface area contributed by atoms with Crippen molar-refractivity contribution < 1.29 is 4.74 Å². The van der Waals surface area contributed by atoms with Crippen molar-refractivity contribution >= 4 is 17.5 Å². The van der Waals surface area contributed by atoms with Gasteiger partial charge in [0.2, 0.25) is 0 Å². The molecule has 0 radical (unpaired) electrons. The molecule has 2 nitrogen and oxygen atoms in total. The fraction of sp³-hybridized carbons (Fsp3) is 0.222. The van der Waals surface area contributed by atoms with Crippen LogP contribution in [0.5, 0.6) is 5.75 Å². The maximum absolute atomic E-state index is 5.32. The van der Waals surface area contributed by atoms with Crippen LogP contribution >= 0.6 is 11.8 Å². The summed E-state index contributed by atoms with van der Waals surface area (Å²) in [5.74, 6) is 0.834. The first-order valence-corrected chi connectivity index (χ1v) is 3.91. The van der Waals surface area contributed by atoms with Crippen molar-refractivity contribution in [1.29, 1.82) is 0 Å². The van der Waals surface area contributed by atoms with Crippen LogP contribution in [0.1, 0.15) is 12.5 Å². The Hall–Kier alpha value is -1.02. The molecule has 0 amide bonds. The van der Waals surface area contributed by atoms with E-state index in [4.69, 9.17) is 16.5 Å². The van der Waals surface area contributed by atoms with Crippen molar-refractivity contribution in [2.24, 2.45) is 4.51 Å². The lowest BCUT2D eigenvalue weighted by Gasteiger charge is -2.00. The molecule has 0 bridgehead atoms. The van der Waals surface area contributed by atoms with E-state index in [1.807, 2.05) is 31.2 Å². The molecule has 1 aromatic carbocycles. The molecule has 0 atom stereocenters. The Labute approximate surface area is 77.0 Å². The molecule has 0 aliphatic heterocycles. The molecular weight excluding hydrogens is 174 g/mol. The van der Waals surface area contributed by atoms with E-state index >= 15 is 0 Å². The topological polar surface area (TPSA) is 21.6 Å². The van der Waals surface area contributed by atoms with E-state index in [1.54, 1.807) is 7.11 Å². The molecule has 3 heteroatoms. The van der Waals surface area contributed by atoms with Crippen LogP contribution in [0.25, 0.3) is 0 Å². The van der Waals surface area contributed by atoms with Crippen molar-refractivity contribution in [3.8, 4) is 5.75 Å². The highest BCUT2D eigenvalue weighted by atomic mass is 35.5. The zero-order valence-electron chi connectivity index (χ0n) is 7.04. The predicted molar refractivity (Wildman–Crippen MR) is 51.1 cm³/mol. The van der Waals surface area contributed by atoms with E-state index in [2.05, 4.69) is 4.51 Å². The SMILES string of the molecule is COc1ccc(C(C)=NCl)cc1. The minimum atomic E-state index is 0.805. The van der Waals surface area contributed by atoms with Crippen LogP contribution in [0.3, 0.4) is 0 Å². The van der Waals surface area contributed by atoms with Gasteiger partial charge in [0.15, 0.2) is 0 Å². The Bertz CT molecular complexity index is 279. The summed E-state index contributed by atoms with van der Waals surface area (Å²) in [6.07, 6.45) is 0. The number of ether oxygens (including phenoxy) is 1. The standard InChI is InChI=1S/C9H10ClNO/c1-7(11-10)8-3-5-9(12-2)6-4-8/h3-6H,1-2H3. The highest BCUT2D eigenvalue weighted by Crippen LogP contribution is 2.12. The summed E-state index contributed by atoms with van der Waals surface area (Å²) < 4.78 is 8.57. The average Bonchev–Trinajstić information content (AvgIpc) is 2.17. The monoisotopic (exact) mass is 183 g/mol. The zero-order valence-corrected chi connectivity index (χ0v) is 7.80. The first-order valence-electron chi connectivity index (χ1n) is 3.58. The third-order valence-electron chi connectivity index (χ3n) is 1.63. The van der Waals surface area contributed by atoms with Gasteiger partial charge in [-0.1, -0.05) is 0 Å². The van der Waals surface area contributed by atoms with Crippen molar-refractivity contribution in [3.63, 3.8) is 0 Å². The summed E-state index contributed by atoms with van der Waals surface area (Å²) in [6, 6.07) is 7.59. The Morgan fingerprint density at radius 1 is 1.33 bits per heavy atom. The van der Waals surface area contributed by atoms with Gasteiger partial charge in [-0.15, -0.1) is 0 Å². The van der Waals surface area contributed by atoms with Crippen molar-refractivity contribution in [1.82, 2.24) is 0 Å². The second-order valence-corrected chi connectivity index (χ2v) is 2.57. The summed E-state index contributed by atoms with van der Waals surface area (Å²) in [4.78, 5) is 0. The molecule has 0 aromatic heterocycles. The number of hydrogen-bond acceptors (Lipinski definition) is 2. The van der Waals surface area contributed by atoms with Gasteiger partial charge in [-0.25, -0.2) is 0 Å². The molecule has 12 heavy (non-hydrogen) atoms. The molecule has 0 N–H and O–H groups in total. The smallest absolute Gasteiger partial charge is 0.118 e. The lowest BCUT2D eigenvalue weighted by atomic mass is 10.1. The summed E-state index contributed by atoms with van der Waals surface area (Å²) in [7, 11) is 1.64. The fourth-order valence-corrected chi connectivity index (χ4v) is 0.979. The molecule has 0 unspecified atom stereocenters. The first kappa shape index (κ1) is 9.07. The Balaban J connectivity index is 2.92. The Morgan fingerprint density at radius 2 is 1.92 bits per heavy atom. The summed E-state index contributed by atoms with van der Waals surface area (Å²) >= 11 is 5.32. The molecule has 0 saturated carbocycles. The van der Waals surface area contributed by atoms with Gasteiger partial charge < -0.3 is 4.74 Å². The summed E-state index contributed by atoms with van der Waals surface area (Å²) in [5.41, 5.74) is 1.81. The van der Waals surface area contributed by atoms with Gasteiger partial charge in [0.05, 0.1) is 12.8 Å². The van der Waals surface area contributed by atoms with E-state index in [9.17, 15) is 0 Å². The van der Waals surface area contributed by atoms with Crippen LogP contribution in [0.2, 0.25) is 0 Å². The number of halogens is 1. The van der Waals surface area contributed by atoms with Crippen LogP contribution in [-0.2, 0) is 0 Å². The molecular formula is C9H10ClNO. The Morgan fingerprint density at radius 3 is 2.33 bits per heavy atom. The third kappa shape index (κ3) is 1.98. The molecule has 0 heterocycles. The molecule has 0 saturated heterocycles. The van der Waals surface area contributed by atoms with Gasteiger partial charge >= 0.3 is 0 Å². The van der Waals surface area contributed by atoms with Crippen LogP contribution in [0, 0.1) is 0 Å². The number of hydrogen-bond donors (Lipinski definition) is 0. The van der Waals surface area contributed by atoms with Gasteiger partial charge in [-0.3, -0.25) is 0 Å². The molecule has 1 aromatic rings. The molecule has 64 valence electrons. The van der Waals surface area contributed by atoms with Crippen molar-refractivity contribution in [2.75, 3.05) is 7.11 Å². The van der Waals surface area contributed by atoms with Gasteiger partial charge in [-0.2, -0.15) is 4.51 Å². The van der Waals surface area contributed by atoms with Gasteiger partial charge in [-0.05, 0) is 36.8 Å². The maximum atomic E-state index is 5.32. The minimum absolute atomic E-state index is 0.805. The Kier molecular flexibility index (Phi) is 3.11. The molecule has 1 rings (SSSR count). The normalized spacial score (nSPS) is 11.4. The number of methoxy groups -OCH3 is 1. The largest absolute Gasteiger partial charge is 0.497 e. The maximum Gasteiger partial charge on any atom is 0.118 e. The molecule has 0 spiro atoms. The average molecular weight is 184 g/mol. The lowest BCUT2D eigenvalue weighted by molar-refractivity contribution is 0.415. The highest BCUT2D eigenvalue weighted by molar-refractivity contribution is 6.22. The van der Waals surface area contributed by atoms with Gasteiger partial charge in [0, 0.05) is 11.8 Å². The van der Waals surface area contributed by atoms with Crippen LogP contribution in [-0.4, -0.2) is 12.8 Å². The second-order valence-electron chi connectivity index (χ2n) is 2.40. The first-order chi connectivity index (χ1) is 5.77. The fourth-order valence-electron chi connectivity index (χ4n) is 0.881. The van der Waals surface area contributed by atoms with Gasteiger partial charge in [0.25, 0.3) is 0 Å². The quantitative estimate of drug-likeness (QED) is 0.646. The predicted octanol–water partition coefficient (Wildman–Crippen LogP) is 2.66. The number of nitrogens with zero attached hydrogens (tertiary/aromatic N) is 1. The van der Waals surface area contributed by atoms with Crippen LogP contribution < -0.4 is 4.74 Å². The van der Waals surface area contributed by atoms with E-state index in [0.717, 1.165) is 17.0 Å². The van der Waals surface area contributed by atoms with Crippen LogP contribution in [0.4, 0.5) is 0 Å². The minimum Gasteiger partial charge on any atom is -0.497 e. The lowest BCUT2D eigenvalue weighted by Crippen LogP contribution is -1.92. The zero-order chi connectivity index (χ0) is 8.97. The molecule has 0 aliphatic rings. The van der Waals surface area contributed by atoms with Gasteiger partial charge in [0.1, 0.15) is 5.75 Å². The van der Waals surface area contributed by atoms with E-state index in [-0.39, 0.29) is 0 Å². The van der Waals surface area contributed by atoms with E-state index in [0.29, 0.717) is 0 Å². The molecule has 0 aliphatic carbocycles. The number of benzene rings is 1. The highest BCUT2D eigenvalue weighted by Gasteiger charge is 1.96. The van der Waals surface area contributed by atoms with Crippen LogP contribution in [0.15, 0.2) is 28.8 Å². The summed E-state index contributed by atoms with van der Waals surface area (Å²) in [6.45, 7) is 1.86. The third-order valence-corrected chi connectivity index (χ3v) is 1.89. The molecule has 0 fully saturated rings.